The molecule has 0 fully saturated rings. The molecule has 0 atom stereocenters. The van der Waals surface area contributed by atoms with Crippen molar-refractivity contribution in [1.82, 2.24) is 0 Å². The molecule has 17 heavy (non-hydrogen) atoms. The largest absolute Gasteiger partial charge is 0.415 e. The number of hydrogen-bond acceptors (Lipinski definition) is 4. The van der Waals surface area contributed by atoms with Crippen LogP contribution in [0.15, 0.2) is 0 Å². The zero-order valence-corrected chi connectivity index (χ0v) is 16.0. The predicted octanol–water partition coefficient (Wildman–Crippen LogP) is 2.49. The minimum absolute atomic E-state index is 0.0833. The average molecular weight is 419 g/mol. The van der Waals surface area contributed by atoms with Gasteiger partial charge in [0.1, 0.15) is 0 Å². The van der Waals surface area contributed by atoms with Gasteiger partial charge < -0.3 is 61.2 Å². The molecule has 100 valence electrons. The molecule has 0 rings (SSSR count). The van der Waals surface area contributed by atoms with Gasteiger partial charge in [0.15, 0.2) is 0 Å². The Bertz CT molecular complexity index is 154. The molecule has 0 saturated carbocycles. The van der Waals surface area contributed by atoms with Crippen LogP contribution in [-0.2, 0) is 25.3 Å². The van der Waals surface area contributed by atoms with Crippen molar-refractivity contribution >= 4 is 81.4 Å². The molecule has 2 radical (unpaired) electrons. The van der Waals surface area contributed by atoms with E-state index in [0.717, 1.165) is 0 Å². The second-order valence-electron chi connectivity index (χ2n) is 3.13. The third kappa shape index (κ3) is 77.8. The van der Waals surface area contributed by atoms with E-state index in [-0.39, 0.29) is 8.64 Å². The van der Waals surface area contributed by atoms with E-state index in [1.54, 1.807) is 0 Å². The van der Waals surface area contributed by atoms with Crippen molar-refractivity contribution in [2.75, 3.05) is 0 Å². The number of rotatable bonds is 6. The standard InChI is InChI=1S/C8H17.2CH3NS2.Sb/c1-3-5-7-8-6-4-2;2*2-1(3)4;/h1,3-8H2,2H3;2*(H3,2,3,4);/q;;;+2/p-2. The quantitative estimate of drug-likeness (QED) is 0.299. The molecule has 0 aliphatic carbocycles. The molecule has 0 amide bonds. The Hall–Kier alpha value is 1.04. The molecule has 0 aliphatic heterocycles. The van der Waals surface area contributed by atoms with E-state index in [9.17, 15) is 0 Å². The first-order chi connectivity index (χ1) is 7.88. The van der Waals surface area contributed by atoms with Crippen molar-refractivity contribution < 1.29 is 0 Å². The maximum atomic E-state index is 4.66. The fourth-order valence-corrected chi connectivity index (χ4v) is 1.53. The summed E-state index contributed by atoms with van der Waals surface area (Å²) in [4.78, 5) is 0. The van der Waals surface area contributed by atoms with Gasteiger partial charge in [-0.15, -0.1) is 0 Å². The van der Waals surface area contributed by atoms with Crippen LogP contribution >= 0.6 is 24.4 Å². The predicted molar refractivity (Wildman–Crippen MR) is 92.2 cm³/mol. The maximum Gasteiger partial charge on any atom is -0.0708 e. The SMILES string of the molecule is CCCCCCC[CH2][Sb+2].NC(=S)[S-].NC(=S)[S-]. The van der Waals surface area contributed by atoms with Gasteiger partial charge in [0.2, 0.25) is 0 Å². The van der Waals surface area contributed by atoms with Crippen molar-refractivity contribution in [3.05, 3.63) is 0 Å². The minimum Gasteiger partial charge on any atom is -0.415 e. The molecule has 0 bridgehead atoms. The molecule has 7 heteroatoms. The van der Waals surface area contributed by atoms with Crippen molar-refractivity contribution in [1.29, 1.82) is 0 Å². The second kappa shape index (κ2) is 22.2. The van der Waals surface area contributed by atoms with Gasteiger partial charge in [-0.25, -0.2) is 0 Å². The monoisotopic (exact) mass is 418 g/mol. The average Bonchev–Trinajstić information content (AvgIpc) is 2.16. The van der Waals surface area contributed by atoms with Gasteiger partial charge >= 0.3 is 72.8 Å². The molecule has 2 nitrogen and oxygen atoms in total. The van der Waals surface area contributed by atoms with Gasteiger partial charge in [-0.05, 0) is 0 Å². The summed E-state index contributed by atoms with van der Waals surface area (Å²) in [5.41, 5.74) is 9.31. The van der Waals surface area contributed by atoms with E-state index in [1.165, 1.54) is 42.9 Å². The van der Waals surface area contributed by atoms with Crippen molar-refractivity contribution in [2.24, 2.45) is 11.5 Å². The molecule has 0 spiro atoms. The minimum atomic E-state index is 0.0833. The number of unbranched alkanes of at least 4 members (excludes halogenated alkanes) is 5. The van der Waals surface area contributed by atoms with E-state index in [1.807, 2.05) is 23.0 Å². The summed E-state index contributed by atoms with van der Waals surface area (Å²) in [6.07, 6.45) is 8.66. The molecule has 0 saturated heterocycles. The molecule has 4 N–H and O–H groups in total. The Kier molecular flexibility index (Phi) is 30.3. The molecular formula is C10H21N2S4Sb. The van der Waals surface area contributed by atoms with E-state index < -0.39 is 0 Å². The molecule has 0 aromatic carbocycles. The van der Waals surface area contributed by atoms with Gasteiger partial charge in [0, 0.05) is 0 Å². The summed E-state index contributed by atoms with van der Waals surface area (Å²) in [6, 6.07) is 0. The number of nitrogens with two attached hydrogens (primary N) is 2. The van der Waals surface area contributed by atoms with Crippen molar-refractivity contribution in [3.8, 4) is 0 Å². The van der Waals surface area contributed by atoms with Gasteiger partial charge in [-0.2, -0.15) is 0 Å². The van der Waals surface area contributed by atoms with E-state index in [0.29, 0.717) is 0 Å². The van der Waals surface area contributed by atoms with Crippen LogP contribution in [-0.4, -0.2) is 31.7 Å². The summed E-state index contributed by atoms with van der Waals surface area (Å²) in [5.74, 6) is 0. The number of hydrogen-bond donors (Lipinski definition) is 2. The molecular weight excluding hydrogens is 398 g/mol. The van der Waals surface area contributed by atoms with Crippen LogP contribution in [0.5, 0.6) is 0 Å². The van der Waals surface area contributed by atoms with Crippen LogP contribution in [0, 0.1) is 0 Å². The first-order valence-corrected chi connectivity index (χ1v) is 8.86. The maximum absolute atomic E-state index is 4.66. The topological polar surface area (TPSA) is 52.0 Å². The Balaban J connectivity index is -0.000000205. The summed E-state index contributed by atoms with van der Waals surface area (Å²) in [7, 11) is 0. The molecule has 0 unspecified atom stereocenters. The first kappa shape index (κ1) is 23.2. The van der Waals surface area contributed by atoms with E-state index in [2.05, 4.69) is 68.1 Å². The normalized spacial score (nSPS) is 8.06. The zero-order chi connectivity index (χ0) is 14.1. The Morgan fingerprint density at radius 2 is 1.24 bits per heavy atom. The molecule has 0 aliphatic rings. The van der Waals surface area contributed by atoms with Crippen molar-refractivity contribution in [2.45, 2.75) is 49.8 Å². The third-order valence-electron chi connectivity index (χ3n) is 1.51. The molecule has 0 heterocycles. The fourth-order valence-electron chi connectivity index (χ4n) is 0.892. The van der Waals surface area contributed by atoms with Crippen molar-refractivity contribution in [3.63, 3.8) is 0 Å². The van der Waals surface area contributed by atoms with Crippen LogP contribution in [0.25, 0.3) is 0 Å². The third-order valence-corrected chi connectivity index (χ3v) is 2.41. The van der Waals surface area contributed by atoms with Gasteiger partial charge in [0.25, 0.3) is 0 Å². The summed E-state index contributed by atoms with van der Waals surface area (Å²) in [6.45, 7) is 2.27. The van der Waals surface area contributed by atoms with Crippen LogP contribution < -0.4 is 11.5 Å². The summed E-state index contributed by atoms with van der Waals surface area (Å²) in [5, 5.41) is 0. The summed E-state index contributed by atoms with van der Waals surface area (Å²) >= 11 is 18.5. The fraction of sp³-hybridized carbons (Fsp3) is 0.800. The van der Waals surface area contributed by atoms with Gasteiger partial charge in [-0.3, -0.25) is 0 Å². The first-order valence-electron chi connectivity index (χ1n) is 5.42. The van der Waals surface area contributed by atoms with Crippen LogP contribution in [0.2, 0.25) is 4.37 Å². The van der Waals surface area contributed by atoms with Crippen LogP contribution in [0.3, 0.4) is 0 Å². The van der Waals surface area contributed by atoms with Gasteiger partial charge in [0.05, 0.1) is 0 Å². The Labute approximate surface area is 141 Å². The Morgan fingerprint density at radius 1 is 0.941 bits per heavy atom. The van der Waals surface area contributed by atoms with Crippen LogP contribution in [0.4, 0.5) is 0 Å². The second-order valence-corrected chi connectivity index (χ2v) is 6.68. The Morgan fingerprint density at radius 3 is 1.53 bits per heavy atom. The van der Waals surface area contributed by atoms with Crippen LogP contribution in [0.1, 0.15) is 45.4 Å². The van der Waals surface area contributed by atoms with E-state index >= 15 is 0 Å². The molecule has 0 aromatic rings. The van der Waals surface area contributed by atoms with Gasteiger partial charge in [-0.1, -0.05) is 8.64 Å². The molecule has 0 aromatic heterocycles. The van der Waals surface area contributed by atoms with E-state index in [4.69, 9.17) is 0 Å². The zero-order valence-electron chi connectivity index (χ0n) is 10.2. The summed E-state index contributed by atoms with van der Waals surface area (Å²) < 4.78 is 1.58. The smallest absolute Gasteiger partial charge is 0.0708 e. The number of thiocarbonyl (C=S) groups is 2.